The maximum Gasteiger partial charge on any atom is 0.330 e. The van der Waals surface area contributed by atoms with Crippen LogP contribution in [0.3, 0.4) is 0 Å². The number of pyridine rings is 1. The maximum atomic E-state index is 11.6. The van der Waals surface area contributed by atoms with Crippen LogP contribution in [0.1, 0.15) is 30.9 Å². The Morgan fingerprint density at radius 2 is 2.12 bits per heavy atom. The van der Waals surface area contributed by atoms with Crippen LogP contribution in [0.15, 0.2) is 42.6 Å². The van der Waals surface area contributed by atoms with E-state index < -0.39 is 4.92 Å². The van der Waals surface area contributed by atoms with E-state index in [-0.39, 0.29) is 17.5 Å². The molecule has 0 amide bonds. The van der Waals surface area contributed by atoms with Crippen LogP contribution < -0.4 is 4.74 Å². The number of benzene rings is 1. The van der Waals surface area contributed by atoms with Crippen molar-refractivity contribution in [3.8, 4) is 11.6 Å². The third-order valence-electron chi connectivity index (χ3n) is 3.50. The Balaban J connectivity index is 2.00. The molecule has 0 aliphatic carbocycles. The zero-order chi connectivity index (χ0) is 18.9. The van der Waals surface area contributed by atoms with E-state index in [0.717, 1.165) is 30.2 Å². The Morgan fingerprint density at radius 1 is 1.31 bits per heavy atom. The van der Waals surface area contributed by atoms with Gasteiger partial charge in [0, 0.05) is 18.2 Å². The third-order valence-corrected chi connectivity index (χ3v) is 3.50. The number of hydrogen-bond donors (Lipinski definition) is 0. The van der Waals surface area contributed by atoms with Crippen molar-refractivity contribution >= 4 is 17.7 Å². The number of nitrogens with zero attached hydrogens (tertiary/aromatic N) is 2. The van der Waals surface area contributed by atoms with Crippen LogP contribution in [0.5, 0.6) is 11.6 Å². The van der Waals surface area contributed by atoms with E-state index in [4.69, 9.17) is 9.47 Å². The van der Waals surface area contributed by atoms with Gasteiger partial charge in [0.15, 0.2) is 0 Å². The summed E-state index contributed by atoms with van der Waals surface area (Å²) in [7, 11) is 0. The smallest absolute Gasteiger partial charge is 0.330 e. The van der Waals surface area contributed by atoms with Crippen molar-refractivity contribution in [2.45, 2.75) is 26.7 Å². The van der Waals surface area contributed by atoms with Gasteiger partial charge in [-0.05, 0) is 42.7 Å². The van der Waals surface area contributed by atoms with Gasteiger partial charge in [0.05, 0.1) is 11.5 Å². The first-order chi connectivity index (χ1) is 12.5. The van der Waals surface area contributed by atoms with Crippen molar-refractivity contribution in [1.82, 2.24) is 4.98 Å². The summed E-state index contributed by atoms with van der Waals surface area (Å²) in [5.74, 6) is 0.474. The van der Waals surface area contributed by atoms with Gasteiger partial charge in [-0.25, -0.2) is 9.78 Å². The Kier molecular flexibility index (Phi) is 6.84. The van der Waals surface area contributed by atoms with Crippen molar-refractivity contribution in [3.05, 3.63) is 63.8 Å². The number of ether oxygens (including phenoxy) is 2. The first kappa shape index (κ1) is 19.1. The highest BCUT2D eigenvalue weighted by molar-refractivity contribution is 5.87. The highest BCUT2D eigenvalue weighted by Gasteiger charge is 2.08. The highest BCUT2D eigenvalue weighted by Crippen LogP contribution is 2.25. The zero-order valence-electron chi connectivity index (χ0n) is 14.7. The molecule has 2 rings (SSSR count). The van der Waals surface area contributed by atoms with Crippen LogP contribution in [0.4, 0.5) is 5.69 Å². The fourth-order valence-corrected chi connectivity index (χ4v) is 2.07. The number of unbranched alkanes of at least 4 members (excludes halogenated alkanes) is 1. The summed E-state index contributed by atoms with van der Waals surface area (Å²) < 4.78 is 10.7. The van der Waals surface area contributed by atoms with Crippen LogP contribution in [-0.4, -0.2) is 22.5 Å². The first-order valence-electron chi connectivity index (χ1n) is 8.23. The topological polar surface area (TPSA) is 91.6 Å². The fraction of sp³-hybridized carbons (Fsp3) is 0.263. The summed E-state index contributed by atoms with van der Waals surface area (Å²) in [5, 5.41) is 10.6. The van der Waals surface area contributed by atoms with Crippen LogP contribution in [0.2, 0.25) is 0 Å². The van der Waals surface area contributed by atoms with Gasteiger partial charge in [-0.15, -0.1) is 0 Å². The number of hydrogen-bond acceptors (Lipinski definition) is 6. The molecule has 0 N–H and O–H groups in total. The molecule has 136 valence electrons. The van der Waals surface area contributed by atoms with Crippen LogP contribution in [0, 0.1) is 17.0 Å². The number of carbonyl (C=O) groups excluding carboxylic acids is 1. The van der Waals surface area contributed by atoms with E-state index in [0.29, 0.717) is 12.4 Å². The molecule has 1 heterocycles. The Labute approximate surface area is 151 Å². The molecule has 1 aromatic heterocycles. The lowest BCUT2D eigenvalue weighted by atomic mass is 10.1. The van der Waals surface area contributed by atoms with Crippen molar-refractivity contribution in [1.29, 1.82) is 0 Å². The van der Waals surface area contributed by atoms with Gasteiger partial charge in [0.2, 0.25) is 5.88 Å². The van der Waals surface area contributed by atoms with Gasteiger partial charge in [0.1, 0.15) is 11.9 Å². The minimum absolute atomic E-state index is 0.0969. The van der Waals surface area contributed by atoms with Gasteiger partial charge in [0.25, 0.3) is 5.69 Å². The zero-order valence-corrected chi connectivity index (χ0v) is 14.7. The van der Waals surface area contributed by atoms with Crippen molar-refractivity contribution < 1.29 is 19.2 Å². The number of rotatable bonds is 8. The quantitative estimate of drug-likeness (QED) is 0.228. The first-order valence-corrected chi connectivity index (χ1v) is 8.23. The van der Waals surface area contributed by atoms with Gasteiger partial charge in [-0.2, -0.15) is 0 Å². The normalized spacial score (nSPS) is 10.7. The molecule has 0 bridgehead atoms. The molecule has 1 aromatic carbocycles. The van der Waals surface area contributed by atoms with Crippen LogP contribution in [0.25, 0.3) is 6.08 Å². The lowest BCUT2D eigenvalue weighted by molar-refractivity contribution is -0.385. The van der Waals surface area contributed by atoms with Gasteiger partial charge in [-0.3, -0.25) is 10.1 Å². The van der Waals surface area contributed by atoms with Crippen molar-refractivity contribution in [3.63, 3.8) is 0 Å². The molecule has 0 spiro atoms. The average Bonchev–Trinajstić information content (AvgIpc) is 2.62. The number of aryl methyl sites for hydroxylation is 1. The molecule has 0 atom stereocenters. The molecule has 7 nitrogen and oxygen atoms in total. The van der Waals surface area contributed by atoms with Crippen LogP contribution in [-0.2, 0) is 9.53 Å². The summed E-state index contributed by atoms with van der Waals surface area (Å²) >= 11 is 0. The molecule has 0 saturated heterocycles. The number of nitro groups is 1. The summed E-state index contributed by atoms with van der Waals surface area (Å²) in [6.07, 6.45) is 6.03. The lowest BCUT2D eigenvalue weighted by Crippen LogP contribution is -2.01. The molecule has 2 aromatic rings. The molecule has 0 unspecified atom stereocenters. The number of carbonyl (C=O) groups is 1. The molecule has 0 radical (unpaired) electrons. The van der Waals surface area contributed by atoms with Gasteiger partial charge in [-0.1, -0.05) is 19.4 Å². The van der Waals surface area contributed by atoms with Gasteiger partial charge < -0.3 is 9.47 Å². The molecule has 0 fully saturated rings. The molecule has 0 aliphatic heterocycles. The molecule has 7 heteroatoms. The second-order valence-electron chi connectivity index (χ2n) is 5.59. The minimum atomic E-state index is -0.517. The highest BCUT2D eigenvalue weighted by atomic mass is 16.6. The summed E-state index contributed by atoms with van der Waals surface area (Å²) in [6, 6.07) is 8.18. The predicted octanol–water partition coefficient (Wildman–Crippen LogP) is 4.45. The van der Waals surface area contributed by atoms with Gasteiger partial charge >= 0.3 is 5.97 Å². The summed E-state index contributed by atoms with van der Waals surface area (Å²) in [6.45, 7) is 4.31. The van der Waals surface area contributed by atoms with E-state index in [1.54, 1.807) is 18.2 Å². The Bertz CT molecular complexity index is 800. The fourth-order valence-electron chi connectivity index (χ4n) is 2.07. The molecule has 0 saturated carbocycles. The maximum absolute atomic E-state index is 11.6. The second kappa shape index (κ2) is 9.31. The largest absolute Gasteiger partial charge is 0.463 e. The summed E-state index contributed by atoms with van der Waals surface area (Å²) in [5.41, 5.74) is 1.57. The van der Waals surface area contributed by atoms with Crippen molar-refractivity contribution in [2.75, 3.05) is 6.61 Å². The second-order valence-corrected chi connectivity index (χ2v) is 5.59. The van der Waals surface area contributed by atoms with E-state index in [1.807, 2.05) is 19.9 Å². The number of aromatic nitrogens is 1. The SMILES string of the molecule is CCCCOC(=O)/C=C/c1ccc(Oc2ccc([N+](=O)[O-])cn2)c(C)c1. The standard InChI is InChI=1S/C19H20N2O5/c1-3-4-11-25-19(22)10-6-15-5-8-17(14(2)12-15)26-18-9-7-16(13-20-18)21(23)24/h5-10,12-13H,3-4,11H2,1-2H3/b10-6+. The molecular weight excluding hydrogens is 336 g/mol. The molecule has 0 aliphatic rings. The van der Waals surface area contributed by atoms with Crippen molar-refractivity contribution in [2.24, 2.45) is 0 Å². The minimum Gasteiger partial charge on any atom is -0.463 e. The Hall–Kier alpha value is -3.22. The summed E-state index contributed by atoms with van der Waals surface area (Å²) in [4.78, 5) is 25.6. The van der Waals surface area contributed by atoms with E-state index >= 15 is 0 Å². The monoisotopic (exact) mass is 356 g/mol. The Morgan fingerprint density at radius 3 is 2.73 bits per heavy atom. The van der Waals surface area contributed by atoms with E-state index in [2.05, 4.69) is 4.98 Å². The molecule has 26 heavy (non-hydrogen) atoms. The predicted molar refractivity (Wildman–Crippen MR) is 97.0 cm³/mol. The van der Waals surface area contributed by atoms with Crippen LogP contribution >= 0.6 is 0 Å². The van der Waals surface area contributed by atoms with E-state index in [1.165, 1.54) is 18.2 Å². The van der Waals surface area contributed by atoms with E-state index in [9.17, 15) is 14.9 Å². The molecular formula is C19H20N2O5. The number of esters is 1. The average molecular weight is 356 g/mol. The third kappa shape index (κ3) is 5.70. The lowest BCUT2D eigenvalue weighted by Gasteiger charge is -2.08.